The molecule has 22 heavy (non-hydrogen) atoms. The first kappa shape index (κ1) is 19.1. The van der Waals surface area contributed by atoms with Crippen LogP contribution in [-0.4, -0.2) is 18.0 Å². The standard InChI is InChI=1S/C18H30F2O2/c1-11(2)14(6)10-18(19,20)17(21)22-16-9-13(5)7-8-15(16)12(3)4/h11-13,15-16H,6-10H2,1-5H3/t13-,15+,16-/m1/s1. The lowest BCUT2D eigenvalue weighted by Gasteiger charge is -2.37. The van der Waals surface area contributed by atoms with Crippen LogP contribution in [0.15, 0.2) is 12.2 Å². The number of hydrogen-bond acceptors (Lipinski definition) is 2. The van der Waals surface area contributed by atoms with Crippen molar-refractivity contribution in [1.82, 2.24) is 0 Å². The monoisotopic (exact) mass is 316 g/mol. The fourth-order valence-electron chi connectivity index (χ4n) is 3.04. The highest BCUT2D eigenvalue weighted by Gasteiger charge is 2.44. The highest BCUT2D eigenvalue weighted by Crippen LogP contribution is 2.37. The Hall–Kier alpha value is -0.930. The summed E-state index contributed by atoms with van der Waals surface area (Å²) in [6.45, 7) is 13.4. The molecule has 0 N–H and O–H groups in total. The van der Waals surface area contributed by atoms with Gasteiger partial charge in [0.1, 0.15) is 6.10 Å². The zero-order valence-corrected chi connectivity index (χ0v) is 14.5. The molecular formula is C18H30F2O2. The van der Waals surface area contributed by atoms with Crippen molar-refractivity contribution in [2.45, 2.75) is 72.3 Å². The second kappa shape index (κ2) is 7.56. The van der Waals surface area contributed by atoms with Crippen molar-refractivity contribution in [3.63, 3.8) is 0 Å². The van der Waals surface area contributed by atoms with Crippen LogP contribution >= 0.6 is 0 Å². The second-order valence-corrected chi connectivity index (χ2v) is 7.46. The van der Waals surface area contributed by atoms with Gasteiger partial charge in [0, 0.05) is 6.42 Å². The lowest BCUT2D eigenvalue weighted by molar-refractivity contribution is -0.184. The molecule has 2 nitrogen and oxygen atoms in total. The van der Waals surface area contributed by atoms with Crippen molar-refractivity contribution >= 4 is 5.97 Å². The van der Waals surface area contributed by atoms with E-state index < -0.39 is 24.4 Å². The normalized spacial score (nSPS) is 26.3. The molecule has 0 aromatic heterocycles. The molecule has 0 aromatic rings. The minimum absolute atomic E-state index is 0.0724. The molecule has 0 amide bonds. The molecule has 0 radical (unpaired) electrons. The van der Waals surface area contributed by atoms with Crippen LogP contribution in [0.3, 0.4) is 0 Å². The van der Waals surface area contributed by atoms with Crippen LogP contribution in [0.25, 0.3) is 0 Å². The fraction of sp³-hybridized carbons (Fsp3) is 0.833. The number of ether oxygens (including phenoxy) is 1. The van der Waals surface area contributed by atoms with Gasteiger partial charge < -0.3 is 4.74 Å². The van der Waals surface area contributed by atoms with Crippen LogP contribution < -0.4 is 0 Å². The van der Waals surface area contributed by atoms with Crippen molar-refractivity contribution in [3.05, 3.63) is 12.2 Å². The molecule has 0 heterocycles. The lowest BCUT2D eigenvalue weighted by atomic mass is 9.75. The van der Waals surface area contributed by atoms with Gasteiger partial charge in [0.05, 0.1) is 0 Å². The average Bonchev–Trinajstić information content (AvgIpc) is 2.37. The number of hydrogen-bond donors (Lipinski definition) is 0. The topological polar surface area (TPSA) is 26.3 Å². The third-order valence-corrected chi connectivity index (χ3v) is 4.78. The molecule has 0 unspecified atom stereocenters. The molecule has 0 spiro atoms. The predicted molar refractivity (Wildman–Crippen MR) is 84.8 cm³/mol. The summed E-state index contributed by atoms with van der Waals surface area (Å²) >= 11 is 0. The first-order valence-electron chi connectivity index (χ1n) is 8.31. The third-order valence-electron chi connectivity index (χ3n) is 4.78. The summed E-state index contributed by atoms with van der Waals surface area (Å²) in [5, 5.41) is 0. The quantitative estimate of drug-likeness (QED) is 0.495. The predicted octanol–water partition coefficient (Wildman–Crippen LogP) is 5.23. The Labute approximate surface area is 133 Å². The van der Waals surface area contributed by atoms with Crippen molar-refractivity contribution in [1.29, 1.82) is 0 Å². The first-order valence-corrected chi connectivity index (χ1v) is 8.31. The minimum atomic E-state index is -3.48. The number of alkyl halides is 2. The van der Waals surface area contributed by atoms with E-state index in [2.05, 4.69) is 27.4 Å². The number of carbonyl (C=O) groups is 1. The molecule has 3 atom stereocenters. The van der Waals surface area contributed by atoms with Gasteiger partial charge in [-0.15, -0.1) is 0 Å². The summed E-state index contributed by atoms with van der Waals surface area (Å²) in [6.07, 6.45) is 1.65. The maximum atomic E-state index is 14.1. The van der Waals surface area contributed by atoms with Crippen molar-refractivity contribution in [2.24, 2.45) is 23.7 Å². The zero-order valence-electron chi connectivity index (χ0n) is 14.5. The Morgan fingerprint density at radius 3 is 2.36 bits per heavy atom. The number of carbonyl (C=O) groups excluding carboxylic acids is 1. The molecule has 128 valence electrons. The molecule has 1 rings (SSSR count). The molecule has 0 bridgehead atoms. The molecule has 1 aliphatic carbocycles. The van der Waals surface area contributed by atoms with Crippen LogP contribution in [0.1, 0.15) is 60.3 Å². The summed E-state index contributed by atoms with van der Waals surface area (Å²) in [5.41, 5.74) is 0.374. The summed E-state index contributed by atoms with van der Waals surface area (Å²) in [4.78, 5) is 12.0. The number of rotatable bonds is 6. The van der Waals surface area contributed by atoms with E-state index in [4.69, 9.17) is 4.74 Å². The number of esters is 1. The summed E-state index contributed by atoms with van der Waals surface area (Å²) < 4.78 is 33.4. The van der Waals surface area contributed by atoms with Crippen LogP contribution in [0.4, 0.5) is 8.78 Å². The lowest BCUT2D eigenvalue weighted by Crippen LogP contribution is -2.41. The van der Waals surface area contributed by atoms with Gasteiger partial charge in [0.25, 0.3) is 0 Å². The highest BCUT2D eigenvalue weighted by molar-refractivity contribution is 5.78. The van der Waals surface area contributed by atoms with E-state index in [1.54, 1.807) is 13.8 Å². The molecule has 0 aliphatic heterocycles. The molecule has 4 heteroatoms. The van der Waals surface area contributed by atoms with E-state index in [9.17, 15) is 13.6 Å². The Balaban J connectivity index is 2.73. The van der Waals surface area contributed by atoms with Crippen molar-refractivity contribution in [3.8, 4) is 0 Å². The van der Waals surface area contributed by atoms with Gasteiger partial charge in [-0.2, -0.15) is 8.78 Å². The smallest absolute Gasteiger partial charge is 0.377 e. The van der Waals surface area contributed by atoms with Gasteiger partial charge in [-0.3, -0.25) is 0 Å². The van der Waals surface area contributed by atoms with Crippen LogP contribution in [0, 0.1) is 23.7 Å². The molecule has 1 fully saturated rings. The molecule has 0 saturated heterocycles. The average molecular weight is 316 g/mol. The Bertz CT molecular complexity index is 402. The van der Waals surface area contributed by atoms with Gasteiger partial charge in [0.15, 0.2) is 0 Å². The molecule has 0 aromatic carbocycles. The number of halogens is 2. The van der Waals surface area contributed by atoms with Gasteiger partial charge in [-0.1, -0.05) is 53.2 Å². The summed E-state index contributed by atoms with van der Waals surface area (Å²) in [7, 11) is 0. The van der Waals surface area contributed by atoms with E-state index >= 15 is 0 Å². The maximum absolute atomic E-state index is 14.1. The van der Waals surface area contributed by atoms with E-state index in [0.29, 0.717) is 23.8 Å². The third kappa shape index (κ3) is 5.06. The molecule has 1 aliphatic rings. The summed E-state index contributed by atoms with van der Waals surface area (Å²) in [5.74, 6) is -4.04. The van der Waals surface area contributed by atoms with Crippen LogP contribution in [-0.2, 0) is 9.53 Å². The number of allylic oxidation sites excluding steroid dienone is 1. The largest absolute Gasteiger partial charge is 0.458 e. The highest BCUT2D eigenvalue weighted by atomic mass is 19.3. The van der Waals surface area contributed by atoms with Crippen molar-refractivity contribution in [2.75, 3.05) is 0 Å². The van der Waals surface area contributed by atoms with Crippen molar-refractivity contribution < 1.29 is 18.3 Å². The second-order valence-electron chi connectivity index (χ2n) is 7.46. The van der Waals surface area contributed by atoms with Gasteiger partial charge in [-0.05, 0) is 36.5 Å². The maximum Gasteiger partial charge on any atom is 0.377 e. The van der Waals surface area contributed by atoms with Gasteiger partial charge in [0.2, 0.25) is 0 Å². The van der Waals surface area contributed by atoms with Gasteiger partial charge in [-0.25, -0.2) is 4.79 Å². The van der Waals surface area contributed by atoms with E-state index in [-0.39, 0.29) is 11.8 Å². The van der Waals surface area contributed by atoms with E-state index in [1.165, 1.54) is 0 Å². The van der Waals surface area contributed by atoms with E-state index in [1.807, 2.05) is 0 Å². The SMILES string of the molecule is C=C(CC(F)(F)C(=O)O[C@@H]1C[C@H](C)CC[C@H]1C(C)C)C(C)C. The Kier molecular flexibility index (Phi) is 6.57. The first-order chi connectivity index (χ1) is 10.0. The molecule has 1 saturated carbocycles. The fourth-order valence-corrected chi connectivity index (χ4v) is 3.04. The van der Waals surface area contributed by atoms with Crippen LogP contribution in [0.5, 0.6) is 0 Å². The Morgan fingerprint density at radius 1 is 1.27 bits per heavy atom. The molecular weight excluding hydrogens is 286 g/mol. The van der Waals surface area contributed by atoms with Crippen LogP contribution in [0.2, 0.25) is 0 Å². The zero-order chi connectivity index (χ0) is 17.1. The Morgan fingerprint density at radius 2 is 1.86 bits per heavy atom. The minimum Gasteiger partial charge on any atom is -0.458 e. The van der Waals surface area contributed by atoms with E-state index in [0.717, 1.165) is 12.8 Å². The van der Waals surface area contributed by atoms with Gasteiger partial charge >= 0.3 is 11.9 Å². The summed E-state index contributed by atoms with van der Waals surface area (Å²) in [6, 6.07) is 0.